The van der Waals surface area contributed by atoms with Crippen LogP contribution in [0.15, 0.2) is 146 Å². The summed E-state index contributed by atoms with van der Waals surface area (Å²) in [7, 11) is 0. The molecule has 1 aliphatic rings. The van der Waals surface area contributed by atoms with Crippen LogP contribution in [0.4, 0.5) is 0 Å². The maximum absolute atomic E-state index is 13.0. The molecule has 0 saturated carbocycles. The molecule has 8 aromatic carbocycles. The second-order valence-corrected chi connectivity index (χ2v) is 37.6. The molecule has 0 spiro atoms. The molecule has 129 heavy (non-hydrogen) atoms. The number of fused-ring (bicyclic) bond motifs is 8. The van der Waals surface area contributed by atoms with Crippen LogP contribution in [-0.2, 0) is 46.7 Å². The van der Waals surface area contributed by atoms with Crippen molar-refractivity contribution in [3.8, 4) is 90.5 Å². The molecule has 0 unspecified atom stereocenters. The van der Waals surface area contributed by atoms with Crippen molar-refractivity contribution in [2.75, 3.05) is 39.6 Å². The van der Waals surface area contributed by atoms with E-state index in [1.54, 1.807) is 0 Å². The molecule has 8 aromatic rings. The van der Waals surface area contributed by atoms with Gasteiger partial charge in [-0.05, 0) is 212 Å². The first-order chi connectivity index (χ1) is 63.0. The number of unbranched alkanes of at least 4 members (excludes halogenated alkanes) is 52. The van der Waals surface area contributed by atoms with Gasteiger partial charge in [-0.25, -0.2) is 0 Å². The smallest absolute Gasteiger partial charge is 0.122 e. The zero-order valence-corrected chi connectivity index (χ0v) is 84.2. The molecule has 712 valence electrons. The van der Waals surface area contributed by atoms with E-state index < -0.39 is 0 Å². The monoisotopic (exact) mass is 1940 g/mol. The van der Waals surface area contributed by atoms with Crippen LogP contribution in [0.5, 0.6) is 46.0 Å². The van der Waals surface area contributed by atoms with Crippen LogP contribution in [0.3, 0.4) is 0 Å². The van der Waals surface area contributed by atoms with Crippen LogP contribution in [0.25, 0.3) is 44.5 Å². The average Bonchev–Trinajstić information content (AvgIpc) is 0.769. The number of aliphatic hydroxyl groups excluding tert-OH is 2. The van der Waals surface area contributed by atoms with E-state index in [4.69, 9.17) is 29.2 Å². The molecule has 0 amide bonds. The predicted molar refractivity (Wildman–Crippen MR) is 543 cm³/mol. The van der Waals surface area contributed by atoms with Crippen LogP contribution in [0, 0.1) is 0 Å². The van der Waals surface area contributed by atoms with E-state index in [1.165, 1.54) is 308 Å². The molecular weight excluding hydrogens is 1760 g/mol. The molecule has 0 heterocycles. The fourth-order valence-electron chi connectivity index (χ4n) is 18.5. The summed E-state index contributed by atoms with van der Waals surface area (Å²) in [5.74, 6) is 3.76. The molecule has 1 aliphatic carbocycles. The summed E-state index contributed by atoms with van der Waals surface area (Å²) in [6.45, 7) is 11.6. The minimum atomic E-state index is -0.125. The van der Waals surface area contributed by atoms with Crippen molar-refractivity contribution < 1.29 is 70.7 Å². The number of rotatable bonds is 69. The number of hydrogen-bond acceptors (Lipinski definition) is 10. The summed E-state index contributed by atoms with van der Waals surface area (Å²) in [5.41, 5.74) is 12.6. The molecule has 8 bridgehead atoms. The third kappa shape index (κ3) is 43.6. The molecule has 0 atom stereocenters. The summed E-state index contributed by atoms with van der Waals surface area (Å²) in [4.78, 5) is 0. The third-order valence-corrected chi connectivity index (χ3v) is 26.5. The Morgan fingerprint density at radius 3 is 0.426 bits per heavy atom. The Labute approximate surface area is 798 Å². The molecule has 6 N–H and O–H groups in total. The standard InChI is InChI=1S/C116H168O8.C2H6O2.W/c1-5-9-13-17-21-25-29-33-37-41-45-49-53-57-77-121-109-69-61-93(62-70-109)97-81-101-89-103-83-98(94-63-71-110(72-64-94)122-78-58-54-50-46-42-38-34-30-26-22-18-14-10-6-2)85-105(114(103)118)91-107-87-100(96-67-75-112(76-68-96)124-80-60-56-52-48-44-40-36-32-28-24-20-16-12-8-4)88-108(116(107)120)92-106-86-99(84-104(115(106)119)90-102(82-97)113(101)117)95-65-73-111(74-66-95)123-79-59-55-51-47-43-39-35-31-27-23-19-15-11-7-3;3-1-2-4;/h61-76,81-88,117-120H,5-60,77-80,89-92H2,1-4H3;3-4H,1-2H2;. The predicted octanol–water partition coefficient (Wildman–Crippen LogP) is 34.3. The van der Waals surface area contributed by atoms with Gasteiger partial charge in [-0.15, -0.1) is 0 Å². The Bertz CT molecular complexity index is 3540. The fraction of sp³-hybridized carbons (Fsp3) is 0.593. The number of aliphatic hydroxyl groups is 2. The van der Waals surface area contributed by atoms with E-state index in [0.717, 1.165) is 119 Å². The quantitative estimate of drug-likeness (QED) is 0.0203. The first-order valence-corrected chi connectivity index (χ1v) is 52.6. The second-order valence-electron chi connectivity index (χ2n) is 37.6. The molecule has 0 radical (unpaired) electrons. The number of hydrogen-bond donors (Lipinski definition) is 6. The van der Waals surface area contributed by atoms with Crippen molar-refractivity contribution in [3.63, 3.8) is 0 Å². The topological polar surface area (TPSA) is 158 Å². The third-order valence-electron chi connectivity index (χ3n) is 26.5. The zero-order valence-electron chi connectivity index (χ0n) is 81.2. The molecule has 11 heteroatoms. The van der Waals surface area contributed by atoms with Gasteiger partial charge in [-0.1, -0.05) is 410 Å². The number of ether oxygens (including phenoxy) is 4. The van der Waals surface area contributed by atoms with Crippen LogP contribution in [-0.4, -0.2) is 70.3 Å². The average molecular weight is 1940 g/mol. The van der Waals surface area contributed by atoms with Crippen molar-refractivity contribution in [1.82, 2.24) is 0 Å². The number of phenolic OH excluding ortho intramolecular Hbond substituents is 4. The van der Waals surface area contributed by atoms with Crippen molar-refractivity contribution in [2.45, 2.75) is 413 Å². The van der Waals surface area contributed by atoms with Gasteiger partial charge in [0.05, 0.1) is 39.6 Å². The molecule has 0 saturated heterocycles. The molecule has 0 fully saturated rings. The van der Waals surface area contributed by atoms with Gasteiger partial charge in [0.1, 0.15) is 46.0 Å². The maximum Gasteiger partial charge on any atom is 0.122 e. The van der Waals surface area contributed by atoms with Gasteiger partial charge in [-0.2, -0.15) is 0 Å². The van der Waals surface area contributed by atoms with Gasteiger partial charge in [0.2, 0.25) is 0 Å². The summed E-state index contributed by atoms with van der Waals surface area (Å²) in [6, 6.07) is 49.8. The van der Waals surface area contributed by atoms with Gasteiger partial charge in [0, 0.05) is 46.7 Å². The molecule has 0 aromatic heterocycles. The summed E-state index contributed by atoms with van der Waals surface area (Å²) in [5, 5.41) is 67.3. The second kappa shape index (κ2) is 68.7. The summed E-state index contributed by atoms with van der Waals surface area (Å²) in [6.07, 6.45) is 74.4. The number of benzene rings is 8. The maximum atomic E-state index is 13.0. The van der Waals surface area contributed by atoms with Crippen LogP contribution in [0.1, 0.15) is 432 Å². The number of phenols is 4. The molecule has 9 rings (SSSR count). The van der Waals surface area contributed by atoms with E-state index in [9.17, 15) is 20.4 Å². The van der Waals surface area contributed by atoms with Gasteiger partial charge >= 0.3 is 0 Å². The summed E-state index contributed by atoms with van der Waals surface area (Å²) >= 11 is 0. The van der Waals surface area contributed by atoms with Crippen LogP contribution >= 0.6 is 0 Å². The number of aromatic hydroxyl groups is 4. The fourth-order valence-corrected chi connectivity index (χ4v) is 18.5. The molecule has 0 aliphatic heterocycles. The van der Waals surface area contributed by atoms with E-state index in [1.807, 2.05) is 0 Å². The zero-order chi connectivity index (χ0) is 90.3. The van der Waals surface area contributed by atoms with E-state index in [0.29, 0.717) is 70.9 Å². The van der Waals surface area contributed by atoms with E-state index >= 15 is 0 Å². The summed E-state index contributed by atoms with van der Waals surface area (Å²) < 4.78 is 25.6. The van der Waals surface area contributed by atoms with Crippen molar-refractivity contribution in [2.24, 2.45) is 0 Å². The van der Waals surface area contributed by atoms with Crippen LogP contribution in [0.2, 0.25) is 0 Å². The van der Waals surface area contributed by atoms with Gasteiger partial charge in [-0.3, -0.25) is 0 Å². The Kier molecular flexibility index (Phi) is 58.0. The van der Waals surface area contributed by atoms with Crippen LogP contribution < -0.4 is 18.9 Å². The van der Waals surface area contributed by atoms with Gasteiger partial charge in [0.15, 0.2) is 0 Å². The van der Waals surface area contributed by atoms with E-state index in [-0.39, 0.29) is 83.0 Å². The Morgan fingerprint density at radius 2 is 0.302 bits per heavy atom. The van der Waals surface area contributed by atoms with Crippen molar-refractivity contribution in [3.05, 3.63) is 190 Å². The van der Waals surface area contributed by atoms with Gasteiger partial charge < -0.3 is 49.6 Å². The molecular formula is C118H174O10W. The van der Waals surface area contributed by atoms with Crippen molar-refractivity contribution >= 4 is 0 Å². The Balaban J connectivity index is 0.00000446. The minimum absolute atomic E-state index is 0. The minimum Gasteiger partial charge on any atom is -0.507 e. The Morgan fingerprint density at radius 1 is 0.178 bits per heavy atom. The first-order valence-electron chi connectivity index (χ1n) is 52.6. The van der Waals surface area contributed by atoms with E-state index in [2.05, 4.69) is 173 Å². The van der Waals surface area contributed by atoms with Gasteiger partial charge in [0.25, 0.3) is 0 Å². The first kappa shape index (κ1) is 109. The SMILES string of the molecule is CCCCCCCCCCCCCCCCOc1ccc(-c2cc3c(O)c(c2)Cc2cc(-c4ccc(OCCCCCCCCCCCCCCCC)cc4)cc(c2O)Cc2cc(-c4ccc(OCCCCCCCCCCCCCCCC)cc4)cc(c2O)Cc2cc(-c4ccc(OCCCCCCCCCCCCCCCC)cc4)cc(c2O)C3)cc1.OCCO.[W]. The molecule has 10 nitrogen and oxygen atoms in total. The van der Waals surface area contributed by atoms with Crippen molar-refractivity contribution in [1.29, 1.82) is 0 Å². The normalized spacial score (nSPS) is 11.8. The largest absolute Gasteiger partial charge is 0.507 e. The Hall–Kier alpha value is -7.23.